The van der Waals surface area contributed by atoms with Gasteiger partial charge >= 0.3 is 0 Å². The summed E-state index contributed by atoms with van der Waals surface area (Å²) < 4.78 is 13.6. The Bertz CT molecular complexity index is 1280. The number of piperidine rings is 1. The third kappa shape index (κ3) is 4.94. The third-order valence-electron chi connectivity index (χ3n) is 6.36. The van der Waals surface area contributed by atoms with Crippen molar-refractivity contribution in [2.24, 2.45) is 5.92 Å². The van der Waals surface area contributed by atoms with E-state index in [0.29, 0.717) is 0 Å². The number of amides is 1. The fourth-order valence-electron chi connectivity index (χ4n) is 4.58. The second-order valence-corrected chi connectivity index (χ2v) is 8.62. The highest BCUT2D eigenvalue weighted by atomic mass is 19.1. The number of fused-ring (bicyclic) bond motifs is 1. The van der Waals surface area contributed by atoms with Crippen LogP contribution in [0, 0.1) is 11.7 Å². The zero-order valence-electron chi connectivity index (χ0n) is 18.4. The average molecular weight is 440 g/mol. The predicted octanol–water partition coefficient (Wildman–Crippen LogP) is 5.89. The van der Waals surface area contributed by atoms with Crippen molar-refractivity contribution in [2.75, 3.05) is 18.4 Å². The fraction of sp³-hybridized carbons (Fsp3) is 0.214. The van der Waals surface area contributed by atoms with Gasteiger partial charge in [0.1, 0.15) is 5.82 Å². The molecule has 166 valence electrons. The van der Waals surface area contributed by atoms with E-state index in [1.165, 1.54) is 17.7 Å². The second-order valence-electron chi connectivity index (χ2n) is 8.62. The van der Waals surface area contributed by atoms with E-state index in [-0.39, 0.29) is 17.6 Å². The van der Waals surface area contributed by atoms with Gasteiger partial charge in [0.15, 0.2) is 0 Å². The number of aromatic nitrogens is 1. The molecule has 0 radical (unpaired) electrons. The number of halogens is 1. The number of hydrogen-bond acceptors (Lipinski definition) is 3. The van der Waals surface area contributed by atoms with E-state index in [0.717, 1.165) is 60.2 Å². The summed E-state index contributed by atoms with van der Waals surface area (Å²) in [5, 5.41) is 4.22. The molecule has 5 heteroatoms. The van der Waals surface area contributed by atoms with Crippen molar-refractivity contribution in [3.05, 3.63) is 96.4 Å². The highest BCUT2D eigenvalue weighted by molar-refractivity contribution is 5.93. The molecule has 1 fully saturated rings. The molecule has 0 bridgehead atoms. The molecule has 1 amide bonds. The Morgan fingerprint density at radius 1 is 0.939 bits per heavy atom. The summed E-state index contributed by atoms with van der Waals surface area (Å²) in [6, 6.07) is 24.4. The van der Waals surface area contributed by atoms with Crippen LogP contribution in [0.15, 0.2) is 85.1 Å². The molecule has 2 heterocycles. The quantitative estimate of drug-likeness (QED) is 0.422. The Kier molecular flexibility index (Phi) is 6.13. The monoisotopic (exact) mass is 439 g/mol. The first kappa shape index (κ1) is 21.3. The summed E-state index contributed by atoms with van der Waals surface area (Å²) in [6.45, 7) is 2.60. The predicted molar refractivity (Wildman–Crippen MR) is 130 cm³/mol. The Morgan fingerprint density at radius 2 is 1.67 bits per heavy atom. The molecule has 0 atom stereocenters. The van der Waals surface area contributed by atoms with E-state index in [9.17, 15) is 9.18 Å². The maximum absolute atomic E-state index is 13.6. The van der Waals surface area contributed by atoms with Crippen LogP contribution < -0.4 is 5.32 Å². The maximum Gasteiger partial charge on any atom is 0.227 e. The first-order valence-corrected chi connectivity index (χ1v) is 11.4. The summed E-state index contributed by atoms with van der Waals surface area (Å²) in [4.78, 5) is 19.9. The Labute approximate surface area is 193 Å². The van der Waals surface area contributed by atoms with E-state index in [4.69, 9.17) is 0 Å². The lowest BCUT2D eigenvalue weighted by molar-refractivity contribution is -0.121. The van der Waals surface area contributed by atoms with Crippen LogP contribution in [0.4, 0.5) is 10.1 Å². The number of carbonyl (C=O) groups excluding carboxylic acids is 1. The van der Waals surface area contributed by atoms with Gasteiger partial charge in [-0.1, -0.05) is 48.5 Å². The molecule has 4 aromatic rings. The van der Waals surface area contributed by atoms with Crippen LogP contribution in [0.2, 0.25) is 0 Å². The lowest BCUT2D eigenvalue weighted by Gasteiger charge is -2.31. The van der Waals surface area contributed by atoms with Gasteiger partial charge < -0.3 is 5.32 Å². The first-order chi connectivity index (χ1) is 16.2. The Hall–Kier alpha value is -3.57. The number of anilines is 1. The van der Waals surface area contributed by atoms with Gasteiger partial charge in [0.05, 0.1) is 5.52 Å². The number of carbonyl (C=O) groups is 1. The normalized spacial score (nSPS) is 14.9. The van der Waals surface area contributed by atoms with Crippen molar-refractivity contribution < 1.29 is 9.18 Å². The number of rotatable bonds is 5. The molecule has 0 unspecified atom stereocenters. The first-order valence-electron chi connectivity index (χ1n) is 11.4. The number of nitrogens with one attached hydrogen (secondary N) is 1. The van der Waals surface area contributed by atoms with Crippen LogP contribution in [-0.2, 0) is 11.3 Å². The van der Waals surface area contributed by atoms with E-state index in [1.54, 1.807) is 6.07 Å². The molecule has 5 rings (SSSR count). The number of pyridine rings is 1. The van der Waals surface area contributed by atoms with Gasteiger partial charge in [-0.2, -0.15) is 0 Å². The number of benzene rings is 3. The molecule has 33 heavy (non-hydrogen) atoms. The molecule has 0 spiro atoms. The summed E-state index contributed by atoms with van der Waals surface area (Å²) >= 11 is 0. The fourth-order valence-corrected chi connectivity index (χ4v) is 4.58. The smallest absolute Gasteiger partial charge is 0.227 e. The van der Waals surface area contributed by atoms with Crippen molar-refractivity contribution in [2.45, 2.75) is 19.4 Å². The second kappa shape index (κ2) is 9.51. The number of para-hydroxylation sites is 1. The molecule has 4 nitrogen and oxygen atoms in total. The summed E-state index contributed by atoms with van der Waals surface area (Å²) in [6.07, 6.45) is 3.49. The van der Waals surface area contributed by atoms with Gasteiger partial charge in [0.2, 0.25) is 5.91 Å². The molecule has 1 N–H and O–H groups in total. The lowest BCUT2D eigenvalue weighted by atomic mass is 9.95. The van der Waals surface area contributed by atoms with E-state index in [2.05, 4.69) is 39.5 Å². The Morgan fingerprint density at radius 3 is 2.48 bits per heavy atom. The van der Waals surface area contributed by atoms with E-state index < -0.39 is 0 Å². The van der Waals surface area contributed by atoms with Gasteiger partial charge in [-0.15, -0.1) is 0 Å². The molecule has 1 aromatic heterocycles. The third-order valence-corrected chi connectivity index (χ3v) is 6.36. The van der Waals surface area contributed by atoms with Gasteiger partial charge in [-0.25, -0.2) is 4.39 Å². The van der Waals surface area contributed by atoms with Gasteiger partial charge in [0, 0.05) is 29.7 Å². The summed E-state index contributed by atoms with van der Waals surface area (Å²) in [5.41, 5.74) is 4.70. The van der Waals surface area contributed by atoms with Crippen LogP contribution in [0.1, 0.15) is 18.4 Å². The zero-order valence-corrected chi connectivity index (χ0v) is 18.4. The van der Waals surface area contributed by atoms with Gasteiger partial charge in [0.25, 0.3) is 0 Å². The summed E-state index contributed by atoms with van der Waals surface area (Å²) in [7, 11) is 0. The van der Waals surface area contributed by atoms with Crippen LogP contribution in [0.25, 0.3) is 22.0 Å². The van der Waals surface area contributed by atoms with Crippen LogP contribution >= 0.6 is 0 Å². The molecule has 0 aliphatic carbocycles. The SMILES string of the molecule is O=C(Nc1cccc(-c2cccc(F)c2)c1)C1CCN(Cc2cccc3cccnc23)CC1. The van der Waals surface area contributed by atoms with Crippen molar-refractivity contribution in [1.29, 1.82) is 0 Å². The van der Waals surface area contributed by atoms with Crippen molar-refractivity contribution in [3.8, 4) is 11.1 Å². The lowest BCUT2D eigenvalue weighted by Crippen LogP contribution is -2.37. The van der Waals surface area contributed by atoms with Crippen molar-refractivity contribution in [3.63, 3.8) is 0 Å². The Balaban J connectivity index is 1.19. The highest BCUT2D eigenvalue weighted by Gasteiger charge is 2.25. The molecule has 0 saturated carbocycles. The molecule has 3 aromatic carbocycles. The minimum absolute atomic E-state index is 0.00952. The largest absolute Gasteiger partial charge is 0.326 e. The number of nitrogens with zero attached hydrogens (tertiary/aromatic N) is 2. The molecule has 1 aliphatic heterocycles. The maximum atomic E-state index is 13.6. The average Bonchev–Trinajstić information content (AvgIpc) is 2.85. The topological polar surface area (TPSA) is 45.2 Å². The molecular formula is C28H26FN3O. The van der Waals surface area contributed by atoms with Gasteiger partial charge in [-0.3, -0.25) is 14.7 Å². The number of hydrogen-bond donors (Lipinski definition) is 1. The van der Waals surface area contributed by atoms with Crippen LogP contribution in [0.3, 0.4) is 0 Å². The van der Waals surface area contributed by atoms with E-state index in [1.807, 2.05) is 42.6 Å². The zero-order chi connectivity index (χ0) is 22.6. The highest BCUT2D eigenvalue weighted by Crippen LogP contribution is 2.26. The van der Waals surface area contributed by atoms with Crippen LogP contribution in [0.5, 0.6) is 0 Å². The van der Waals surface area contributed by atoms with Crippen molar-refractivity contribution >= 4 is 22.5 Å². The van der Waals surface area contributed by atoms with Crippen molar-refractivity contribution in [1.82, 2.24) is 9.88 Å². The minimum atomic E-state index is -0.270. The summed E-state index contributed by atoms with van der Waals surface area (Å²) in [5.74, 6) is -0.226. The van der Waals surface area contributed by atoms with Crippen LogP contribution in [-0.4, -0.2) is 28.9 Å². The molecule has 1 aliphatic rings. The number of likely N-dealkylation sites (tertiary alicyclic amines) is 1. The van der Waals surface area contributed by atoms with Gasteiger partial charge in [-0.05, 0) is 73.0 Å². The molecular weight excluding hydrogens is 413 g/mol. The molecule has 1 saturated heterocycles. The van der Waals surface area contributed by atoms with E-state index >= 15 is 0 Å². The minimum Gasteiger partial charge on any atom is -0.326 e. The standard InChI is InChI=1S/C28H26FN3O/c29-25-10-2-6-22(17-25)23-7-3-11-26(18-23)31-28(33)21-12-15-32(16-13-21)19-24-8-1-5-20-9-4-14-30-27(20)24/h1-11,14,17-18,21H,12-13,15-16,19H2,(H,31,33).